The molecule has 5 heteroatoms. The SMILES string of the molecule is [c]1ccc(-c2nc(N3CC4CCC(C3)O4)c3sccc3n2)cc1. The summed E-state index contributed by atoms with van der Waals surface area (Å²) in [6.45, 7) is 1.87. The molecule has 2 atom stereocenters. The van der Waals surface area contributed by atoms with E-state index in [0.717, 1.165) is 35.8 Å². The smallest absolute Gasteiger partial charge is 0.162 e. The number of fused-ring (bicyclic) bond motifs is 3. The Morgan fingerprint density at radius 3 is 2.65 bits per heavy atom. The van der Waals surface area contributed by atoms with E-state index in [0.29, 0.717) is 12.2 Å². The summed E-state index contributed by atoms with van der Waals surface area (Å²) in [5.74, 6) is 1.85. The summed E-state index contributed by atoms with van der Waals surface area (Å²) in [5.41, 5.74) is 2.07. The number of rotatable bonds is 2. The zero-order valence-electron chi connectivity index (χ0n) is 12.6. The van der Waals surface area contributed by atoms with Crippen molar-refractivity contribution in [2.45, 2.75) is 25.0 Å². The van der Waals surface area contributed by atoms with Gasteiger partial charge in [0.1, 0.15) is 0 Å². The van der Waals surface area contributed by atoms with Crippen LogP contribution in [0.15, 0.2) is 35.7 Å². The molecule has 0 N–H and O–H groups in total. The molecule has 2 aliphatic heterocycles. The van der Waals surface area contributed by atoms with Crippen LogP contribution in [0.25, 0.3) is 21.6 Å². The number of hydrogen-bond donors (Lipinski definition) is 0. The summed E-state index contributed by atoms with van der Waals surface area (Å²) in [7, 11) is 0. The molecule has 23 heavy (non-hydrogen) atoms. The maximum absolute atomic E-state index is 5.97. The van der Waals surface area contributed by atoms with Gasteiger partial charge in [-0.3, -0.25) is 0 Å². The molecule has 0 amide bonds. The van der Waals surface area contributed by atoms with Gasteiger partial charge in [0.2, 0.25) is 0 Å². The molecule has 0 saturated carbocycles. The minimum absolute atomic E-state index is 0.355. The lowest BCUT2D eigenvalue weighted by atomic mass is 10.2. The summed E-state index contributed by atoms with van der Waals surface area (Å²) >= 11 is 1.72. The lowest BCUT2D eigenvalue weighted by Crippen LogP contribution is -2.43. The van der Waals surface area contributed by atoms with E-state index in [2.05, 4.69) is 22.4 Å². The summed E-state index contributed by atoms with van der Waals surface area (Å²) in [6.07, 6.45) is 3.05. The normalized spacial score (nSPS) is 23.6. The molecule has 3 aromatic rings. The van der Waals surface area contributed by atoms with Crippen LogP contribution in [0.2, 0.25) is 0 Å². The third-order valence-corrected chi connectivity index (χ3v) is 5.50. The summed E-state index contributed by atoms with van der Waals surface area (Å²) < 4.78 is 7.15. The Morgan fingerprint density at radius 2 is 1.87 bits per heavy atom. The van der Waals surface area contributed by atoms with Crippen LogP contribution in [0.5, 0.6) is 0 Å². The second-order valence-corrected chi connectivity index (χ2v) is 7.07. The van der Waals surface area contributed by atoms with E-state index >= 15 is 0 Å². The van der Waals surface area contributed by atoms with Gasteiger partial charge in [-0.1, -0.05) is 24.3 Å². The van der Waals surface area contributed by atoms with Crippen LogP contribution in [0.3, 0.4) is 0 Å². The third-order valence-electron chi connectivity index (χ3n) is 4.61. The quantitative estimate of drug-likeness (QED) is 0.723. The Bertz CT molecular complexity index is 836. The van der Waals surface area contributed by atoms with Crippen molar-refractivity contribution in [1.82, 2.24) is 9.97 Å². The van der Waals surface area contributed by atoms with Gasteiger partial charge in [0.25, 0.3) is 0 Å². The number of nitrogens with zero attached hydrogens (tertiary/aromatic N) is 3. The third kappa shape index (κ3) is 2.31. The van der Waals surface area contributed by atoms with Gasteiger partial charge in [-0.25, -0.2) is 9.97 Å². The zero-order valence-corrected chi connectivity index (χ0v) is 13.4. The Hall–Kier alpha value is -1.98. The molecule has 4 nitrogen and oxygen atoms in total. The highest BCUT2D eigenvalue weighted by Crippen LogP contribution is 2.35. The molecule has 5 rings (SSSR count). The number of aromatic nitrogens is 2. The van der Waals surface area contributed by atoms with Gasteiger partial charge in [-0.15, -0.1) is 11.3 Å². The summed E-state index contributed by atoms with van der Waals surface area (Å²) in [6, 6.07) is 13.0. The minimum Gasteiger partial charge on any atom is -0.371 e. The van der Waals surface area contributed by atoms with Crippen molar-refractivity contribution in [2.75, 3.05) is 18.0 Å². The number of hydrogen-bond acceptors (Lipinski definition) is 5. The van der Waals surface area contributed by atoms with Gasteiger partial charge in [-0.05, 0) is 30.4 Å². The maximum atomic E-state index is 5.97. The van der Waals surface area contributed by atoms with Gasteiger partial charge < -0.3 is 9.64 Å². The van der Waals surface area contributed by atoms with Crippen molar-refractivity contribution in [3.63, 3.8) is 0 Å². The first-order chi connectivity index (χ1) is 11.4. The van der Waals surface area contributed by atoms with Crippen LogP contribution < -0.4 is 4.90 Å². The Labute approximate surface area is 138 Å². The molecule has 2 unspecified atom stereocenters. The fraction of sp³-hybridized carbons (Fsp3) is 0.333. The Balaban J connectivity index is 1.63. The van der Waals surface area contributed by atoms with E-state index < -0.39 is 0 Å². The zero-order chi connectivity index (χ0) is 15.2. The lowest BCUT2D eigenvalue weighted by molar-refractivity contribution is 0.0303. The van der Waals surface area contributed by atoms with E-state index in [9.17, 15) is 0 Å². The van der Waals surface area contributed by atoms with Gasteiger partial charge in [-0.2, -0.15) is 0 Å². The van der Waals surface area contributed by atoms with Gasteiger partial charge in [0, 0.05) is 18.7 Å². The molecular weight excluding hydrogens is 306 g/mol. The number of benzene rings is 1. The highest BCUT2D eigenvalue weighted by atomic mass is 32.1. The van der Waals surface area contributed by atoms with E-state index in [1.54, 1.807) is 11.3 Å². The molecule has 115 valence electrons. The minimum atomic E-state index is 0.355. The average Bonchev–Trinajstić information content (AvgIpc) is 3.20. The molecular formula is C18H16N3OS. The molecule has 2 aliphatic rings. The van der Waals surface area contributed by atoms with Crippen molar-refractivity contribution < 1.29 is 4.74 Å². The van der Waals surface area contributed by atoms with Crippen LogP contribution in [0.1, 0.15) is 12.8 Å². The first kappa shape index (κ1) is 13.5. The number of anilines is 1. The first-order valence-corrected chi connectivity index (χ1v) is 8.87. The highest BCUT2D eigenvalue weighted by molar-refractivity contribution is 7.17. The predicted octanol–water partition coefficient (Wildman–Crippen LogP) is 3.53. The second kappa shape index (κ2) is 5.28. The van der Waals surface area contributed by atoms with Crippen LogP contribution in [-0.4, -0.2) is 35.3 Å². The fourth-order valence-electron chi connectivity index (χ4n) is 3.52. The van der Waals surface area contributed by atoms with Crippen molar-refractivity contribution in [3.8, 4) is 11.4 Å². The Kier molecular flexibility index (Phi) is 3.09. The largest absolute Gasteiger partial charge is 0.371 e. The van der Waals surface area contributed by atoms with E-state index in [1.807, 2.05) is 24.3 Å². The van der Waals surface area contributed by atoms with Crippen molar-refractivity contribution >= 4 is 27.4 Å². The van der Waals surface area contributed by atoms with E-state index in [1.165, 1.54) is 17.5 Å². The molecule has 4 heterocycles. The van der Waals surface area contributed by atoms with Gasteiger partial charge in [0.05, 0.1) is 22.4 Å². The van der Waals surface area contributed by atoms with E-state index in [4.69, 9.17) is 14.7 Å². The molecule has 0 aliphatic carbocycles. The number of ether oxygens (including phenoxy) is 1. The number of thiophene rings is 1. The summed E-state index contributed by atoms with van der Waals surface area (Å²) in [4.78, 5) is 12.1. The Morgan fingerprint density at radius 1 is 1.09 bits per heavy atom. The fourth-order valence-corrected chi connectivity index (χ4v) is 4.36. The molecule has 2 saturated heterocycles. The first-order valence-electron chi connectivity index (χ1n) is 7.99. The number of morpholine rings is 1. The van der Waals surface area contributed by atoms with Crippen LogP contribution in [-0.2, 0) is 4.74 Å². The van der Waals surface area contributed by atoms with Crippen molar-refractivity contribution in [1.29, 1.82) is 0 Å². The monoisotopic (exact) mass is 322 g/mol. The molecule has 0 spiro atoms. The molecule has 2 aromatic heterocycles. The predicted molar refractivity (Wildman–Crippen MR) is 91.8 cm³/mol. The molecule has 1 aromatic carbocycles. The van der Waals surface area contributed by atoms with E-state index in [-0.39, 0.29) is 0 Å². The van der Waals surface area contributed by atoms with Crippen molar-refractivity contribution in [2.24, 2.45) is 0 Å². The van der Waals surface area contributed by atoms with Crippen molar-refractivity contribution in [3.05, 3.63) is 41.8 Å². The topological polar surface area (TPSA) is 38.2 Å². The molecule has 2 bridgehead atoms. The van der Waals surface area contributed by atoms with Gasteiger partial charge >= 0.3 is 0 Å². The average molecular weight is 322 g/mol. The van der Waals surface area contributed by atoms with Crippen LogP contribution in [0, 0.1) is 6.07 Å². The maximum Gasteiger partial charge on any atom is 0.162 e. The summed E-state index contributed by atoms with van der Waals surface area (Å²) in [5, 5.41) is 2.10. The lowest BCUT2D eigenvalue weighted by Gasteiger charge is -2.33. The standard InChI is InChI=1S/C18H16N3OS/c1-2-4-12(5-3-1)17-19-15-8-9-23-16(15)18(20-17)21-10-13-6-7-14(11-21)22-13/h2-5,8-9,13-14H,6-7,10-11H2. The highest BCUT2D eigenvalue weighted by Gasteiger charge is 2.35. The molecule has 1 radical (unpaired) electrons. The van der Waals surface area contributed by atoms with Crippen LogP contribution >= 0.6 is 11.3 Å². The molecule has 2 fully saturated rings. The van der Waals surface area contributed by atoms with Gasteiger partial charge in [0.15, 0.2) is 11.6 Å². The second-order valence-electron chi connectivity index (χ2n) is 6.16. The van der Waals surface area contributed by atoms with Crippen LogP contribution in [0.4, 0.5) is 5.82 Å².